The zero-order chi connectivity index (χ0) is 23.8. The van der Waals surface area contributed by atoms with Crippen LogP contribution in [0.15, 0.2) is 17.8 Å². The lowest BCUT2D eigenvalue weighted by atomic mass is 9.94. The standard InChI is InChI=1S/C22H5F3N6O/c1-10-15(29-2)6-13-12-5-11(7-26)21(32-22(23,24)25)14(8-27)17(12)19(16(9-28)30-3)18(13)20(10)31-4/h5-6H,1H3/b19-16-. The highest BCUT2D eigenvalue weighted by Gasteiger charge is 2.39. The molecule has 150 valence electrons. The Morgan fingerprint density at radius 3 is 2.12 bits per heavy atom. The van der Waals surface area contributed by atoms with E-state index in [2.05, 4.69) is 19.3 Å². The van der Waals surface area contributed by atoms with Gasteiger partial charge in [-0.3, -0.25) is 0 Å². The molecule has 1 aliphatic carbocycles. The molecule has 2 aromatic carbocycles. The zero-order valence-electron chi connectivity index (χ0n) is 15.9. The number of nitrogens with zero attached hydrogens (tertiary/aromatic N) is 6. The van der Waals surface area contributed by atoms with E-state index in [1.807, 2.05) is 0 Å². The average molecular weight is 426 g/mol. The van der Waals surface area contributed by atoms with Crippen LogP contribution in [0.1, 0.15) is 27.8 Å². The molecule has 32 heavy (non-hydrogen) atoms. The Morgan fingerprint density at radius 1 is 1.00 bits per heavy atom. The number of alkyl halides is 3. The molecule has 0 amide bonds. The predicted octanol–water partition coefficient (Wildman–Crippen LogP) is 5.92. The van der Waals surface area contributed by atoms with Crippen molar-refractivity contribution in [1.29, 1.82) is 15.8 Å². The lowest BCUT2D eigenvalue weighted by Crippen LogP contribution is -2.19. The van der Waals surface area contributed by atoms with E-state index in [4.69, 9.17) is 19.7 Å². The number of halogens is 3. The van der Waals surface area contributed by atoms with E-state index < -0.39 is 28.9 Å². The fraction of sp³-hybridized carbons (Fsp3) is 0.0909. The normalized spacial score (nSPS) is 12.6. The van der Waals surface area contributed by atoms with E-state index in [0.29, 0.717) is 0 Å². The molecule has 0 bridgehead atoms. The minimum Gasteiger partial charge on any atom is -0.403 e. The summed E-state index contributed by atoms with van der Waals surface area (Å²) < 4.78 is 43.0. The van der Waals surface area contributed by atoms with Crippen molar-refractivity contribution in [3.8, 4) is 35.1 Å². The molecular formula is C22H5F3N6O. The van der Waals surface area contributed by atoms with Gasteiger partial charge in [-0.05, 0) is 33.9 Å². The van der Waals surface area contributed by atoms with Crippen LogP contribution in [0.25, 0.3) is 31.2 Å². The summed E-state index contributed by atoms with van der Waals surface area (Å²) in [6.07, 6.45) is -5.23. The quantitative estimate of drug-likeness (QED) is 0.356. The van der Waals surface area contributed by atoms with Gasteiger partial charge in [0.1, 0.15) is 17.7 Å². The number of rotatable bonds is 1. The first-order valence-electron chi connectivity index (χ1n) is 8.39. The molecule has 0 fully saturated rings. The Labute approximate surface area is 179 Å². The fourth-order valence-electron chi connectivity index (χ4n) is 3.52. The molecule has 1 aliphatic rings. The number of hydrogen-bond donors (Lipinski definition) is 0. The van der Waals surface area contributed by atoms with Crippen molar-refractivity contribution in [3.05, 3.63) is 79.9 Å². The largest absolute Gasteiger partial charge is 0.573 e. The van der Waals surface area contributed by atoms with E-state index >= 15 is 0 Å². The Morgan fingerprint density at radius 2 is 1.66 bits per heavy atom. The Kier molecular flexibility index (Phi) is 5.03. The first-order valence-corrected chi connectivity index (χ1v) is 8.39. The second-order valence-electron chi connectivity index (χ2n) is 6.28. The SMILES string of the molecule is [C-]#[N+]/C(C#N)=C1/c2c(cc(C#N)c(OC(F)(F)F)c2C#N)-c2cc([N+]#[C-])c(C)c([N+]#[C-])c21. The summed E-state index contributed by atoms with van der Waals surface area (Å²) in [6, 6.07) is 7.16. The summed E-state index contributed by atoms with van der Waals surface area (Å²) in [6.45, 7) is 23.7. The second-order valence-corrected chi connectivity index (χ2v) is 6.28. The summed E-state index contributed by atoms with van der Waals surface area (Å²) in [7, 11) is 0. The van der Waals surface area contributed by atoms with Gasteiger partial charge in [0.05, 0.1) is 31.3 Å². The molecule has 0 unspecified atom stereocenters. The molecule has 0 aromatic heterocycles. The van der Waals surface area contributed by atoms with Crippen molar-refractivity contribution in [2.75, 3.05) is 0 Å². The Balaban J connectivity index is 2.67. The smallest absolute Gasteiger partial charge is 0.403 e. The highest BCUT2D eigenvalue weighted by molar-refractivity contribution is 6.11. The Hall–Kier alpha value is -5.29. The van der Waals surface area contributed by atoms with Crippen molar-refractivity contribution >= 4 is 16.9 Å². The molecule has 3 rings (SSSR count). The monoisotopic (exact) mass is 426 g/mol. The second kappa shape index (κ2) is 7.51. The molecule has 0 heterocycles. The lowest BCUT2D eigenvalue weighted by Gasteiger charge is -2.15. The fourth-order valence-corrected chi connectivity index (χ4v) is 3.52. The summed E-state index contributed by atoms with van der Waals surface area (Å²) in [5, 5.41) is 28.6. The average Bonchev–Trinajstić information content (AvgIpc) is 3.06. The predicted molar refractivity (Wildman–Crippen MR) is 103 cm³/mol. The van der Waals surface area contributed by atoms with Crippen LogP contribution in [0, 0.1) is 60.6 Å². The van der Waals surface area contributed by atoms with Crippen LogP contribution in [-0.2, 0) is 0 Å². The van der Waals surface area contributed by atoms with Crippen LogP contribution in [0.5, 0.6) is 5.75 Å². The van der Waals surface area contributed by atoms with Crippen LogP contribution < -0.4 is 4.74 Å². The molecule has 0 spiro atoms. The van der Waals surface area contributed by atoms with Crippen LogP contribution >= 0.6 is 0 Å². The van der Waals surface area contributed by atoms with Crippen LogP contribution in [0.3, 0.4) is 0 Å². The van der Waals surface area contributed by atoms with Crippen molar-refractivity contribution in [1.82, 2.24) is 0 Å². The maximum absolute atomic E-state index is 13.0. The lowest BCUT2D eigenvalue weighted by molar-refractivity contribution is -0.274. The summed E-state index contributed by atoms with van der Waals surface area (Å²) in [5.74, 6) is -1.07. The number of hydrogen-bond acceptors (Lipinski definition) is 4. The molecular weight excluding hydrogens is 421 g/mol. The van der Waals surface area contributed by atoms with E-state index in [1.165, 1.54) is 13.0 Å². The van der Waals surface area contributed by atoms with Gasteiger partial charge in [-0.1, -0.05) is 13.0 Å². The van der Waals surface area contributed by atoms with Gasteiger partial charge in [0.2, 0.25) is 0 Å². The molecule has 2 aromatic rings. The molecule has 0 saturated carbocycles. The third kappa shape index (κ3) is 3.03. The molecule has 10 heteroatoms. The highest BCUT2D eigenvalue weighted by atomic mass is 19.4. The maximum atomic E-state index is 13.0. The topological polar surface area (TPSA) is 93.7 Å². The molecule has 7 nitrogen and oxygen atoms in total. The van der Waals surface area contributed by atoms with Crippen LogP contribution in [0.2, 0.25) is 0 Å². The number of allylic oxidation sites excluding steroid dienone is 1. The number of ether oxygens (including phenoxy) is 1. The Bertz CT molecular complexity index is 1490. The molecule has 0 N–H and O–H groups in total. The van der Waals surface area contributed by atoms with E-state index in [0.717, 1.165) is 6.07 Å². The van der Waals surface area contributed by atoms with Gasteiger partial charge in [-0.15, -0.1) is 13.2 Å². The number of benzene rings is 2. The van der Waals surface area contributed by atoms with Gasteiger partial charge < -0.3 is 4.74 Å². The summed E-state index contributed by atoms with van der Waals surface area (Å²) >= 11 is 0. The van der Waals surface area contributed by atoms with Gasteiger partial charge in [-0.25, -0.2) is 19.8 Å². The van der Waals surface area contributed by atoms with Gasteiger partial charge in [0.25, 0.3) is 5.70 Å². The van der Waals surface area contributed by atoms with Crippen LogP contribution in [-0.4, -0.2) is 6.36 Å². The molecule has 0 radical (unpaired) electrons. The van der Waals surface area contributed by atoms with Crippen molar-refractivity contribution in [3.63, 3.8) is 0 Å². The summed E-state index contributed by atoms with van der Waals surface area (Å²) in [4.78, 5) is 9.89. The van der Waals surface area contributed by atoms with Gasteiger partial charge in [-0.2, -0.15) is 10.5 Å². The first kappa shape index (κ1) is 21.4. The van der Waals surface area contributed by atoms with E-state index in [-0.39, 0.29) is 44.8 Å². The third-order valence-corrected chi connectivity index (χ3v) is 4.73. The first-order chi connectivity index (χ1) is 15.2. The van der Waals surface area contributed by atoms with E-state index in [1.54, 1.807) is 18.2 Å². The minimum atomic E-state index is -5.23. The van der Waals surface area contributed by atoms with E-state index in [9.17, 15) is 29.0 Å². The van der Waals surface area contributed by atoms with Gasteiger partial charge >= 0.3 is 6.36 Å². The van der Waals surface area contributed by atoms with Crippen molar-refractivity contribution in [2.24, 2.45) is 0 Å². The number of fused-ring (bicyclic) bond motifs is 3. The molecule has 0 aliphatic heterocycles. The van der Waals surface area contributed by atoms with Crippen molar-refractivity contribution in [2.45, 2.75) is 13.3 Å². The van der Waals surface area contributed by atoms with Gasteiger partial charge in [0, 0.05) is 5.56 Å². The molecule has 0 saturated heterocycles. The molecule has 0 atom stereocenters. The minimum absolute atomic E-state index is 0.0389. The number of nitriles is 3. The highest BCUT2D eigenvalue weighted by Crippen LogP contribution is 2.56. The zero-order valence-corrected chi connectivity index (χ0v) is 15.9. The van der Waals surface area contributed by atoms with Crippen molar-refractivity contribution < 1.29 is 17.9 Å². The third-order valence-electron chi connectivity index (χ3n) is 4.73. The maximum Gasteiger partial charge on any atom is 0.573 e. The summed E-state index contributed by atoms with van der Waals surface area (Å²) in [5.41, 5.74) is -1.88. The van der Waals surface area contributed by atoms with Gasteiger partial charge in [0.15, 0.2) is 17.1 Å². The van der Waals surface area contributed by atoms with Crippen LogP contribution in [0.4, 0.5) is 24.5 Å².